The summed E-state index contributed by atoms with van der Waals surface area (Å²) in [6.07, 6.45) is 0.654. The molecule has 1 aromatic rings. The molecule has 0 aliphatic carbocycles. The fourth-order valence-electron chi connectivity index (χ4n) is 0.763. The fraction of sp³-hybridized carbons (Fsp3) is 0.250. The van der Waals surface area contributed by atoms with Crippen LogP contribution in [-0.4, -0.2) is 29.7 Å². The van der Waals surface area contributed by atoms with E-state index in [0.717, 1.165) is 5.56 Å². The standard InChI is InChI=1S/C8H9O.ClH.Mg/c9-7-6-8-4-2-1-3-5-8;;/h1-5H,6-7H2;1H;/q-1;;+2/p-1. The van der Waals surface area contributed by atoms with Crippen molar-refractivity contribution < 1.29 is 17.5 Å². The molecule has 0 unspecified atom stereocenters. The molecule has 0 heterocycles. The molecule has 3 heteroatoms. The Hall–Kier alpha value is 0.236. The van der Waals surface area contributed by atoms with Gasteiger partial charge in [0.1, 0.15) is 0 Å². The van der Waals surface area contributed by atoms with E-state index in [4.69, 9.17) is 0 Å². The molecule has 1 rings (SSSR count). The summed E-state index contributed by atoms with van der Waals surface area (Å²) in [5, 5.41) is 10.1. The normalized spacial score (nSPS) is 7.73. The van der Waals surface area contributed by atoms with Gasteiger partial charge in [-0.3, -0.25) is 0 Å². The van der Waals surface area contributed by atoms with Crippen LogP contribution in [0.4, 0.5) is 0 Å². The van der Waals surface area contributed by atoms with Crippen molar-refractivity contribution in [3.05, 3.63) is 35.9 Å². The van der Waals surface area contributed by atoms with Gasteiger partial charge in [-0.1, -0.05) is 30.3 Å². The van der Waals surface area contributed by atoms with Gasteiger partial charge in [0.25, 0.3) is 0 Å². The van der Waals surface area contributed by atoms with Crippen LogP contribution >= 0.6 is 0 Å². The zero-order chi connectivity index (χ0) is 6.53. The molecule has 56 valence electrons. The molecular formula is C8H9ClMgO. The molecule has 0 amide bonds. The van der Waals surface area contributed by atoms with Gasteiger partial charge in [-0.25, -0.2) is 0 Å². The first-order chi connectivity index (χ1) is 4.43. The molecule has 0 aliphatic heterocycles. The van der Waals surface area contributed by atoms with Gasteiger partial charge < -0.3 is 17.5 Å². The molecule has 0 bridgehead atoms. The van der Waals surface area contributed by atoms with Crippen LogP contribution in [0.1, 0.15) is 5.56 Å². The van der Waals surface area contributed by atoms with Crippen molar-refractivity contribution in [1.82, 2.24) is 0 Å². The zero-order valence-electron chi connectivity index (χ0n) is 6.29. The summed E-state index contributed by atoms with van der Waals surface area (Å²) >= 11 is 0. The Kier molecular flexibility index (Phi) is 10.5. The van der Waals surface area contributed by atoms with Gasteiger partial charge in [-0.05, 0) is 12.0 Å². The van der Waals surface area contributed by atoms with E-state index in [1.165, 1.54) is 0 Å². The molecule has 1 nitrogen and oxygen atoms in total. The molecule has 0 saturated carbocycles. The van der Waals surface area contributed by atoms with Crippen LogP contribution in [0.2, 0.25) is 0 Å². The monoisotopic (exact) mass is 180 g/mol. The number of hydrogen-bond donors (Lipinski definition) is 0. The van der Waals surface area contributed by atoms with Crippen LogP contribution < -0.4 is 17.5 Å². The van der Waals surface area contributed by atoms with Crippen molar-refractivity contribution in [2.75, 3.05) is 6.61 Å². The minimum absolute atomic E-state index is 0. The SMILES string of the molecule is [Cl-].[Mg+2].[O-]CCc1ccccc1. The van der Waals surface area contributed by atoms with Crippen LogP contribution in [0.25, 0.3) is 0 Å². The van der Waals surface area contributed by atoms with Gasteiger partial charge in [0.05, 0.1) is 0 Å². The van der Waals surface area contributed by atoms with Crippen molar-refractivity contribution >= 4 is 23.1 Å². The molecule has 0 atom stereocenters. The molecule has 0 N–H and O–H groups in total. The Bertz CT molecular complexity index is 167. The second-order valence-corrected chi connectivity index (χ2v) is 1.94. The summed E-state index contributed by atoms with van der Waals surface area (Å²) in [6.45, 7) is -0.00991. The Labute approximate surface area is 89.4 Å². The van der Waals surface area contributed by atoms with Crippen LogP contribution in [-0.2, 0) is 6.42 Å². The predicted octanol–water partition coefficient (Wildman–Crippen LogP) is -2.79. The van der Waals surface area contributed by atoms with Crippen LogP contribution in [0.5, 0.6) is 0 Å². The third-order valence-electron chi connectivity index (χ3n) is 1.23. The van der Waals surface area contributed by atoms with Crippen LogP contribution in [0.3, 0.4) is 0 Å². The van der Waals surface area contributed by atoms with Gasteiger partial charge in [0.15, 0.2) is 0 Å². The van der Waals surface area contributed by atoms with Crippen LogP contribution in [0, 0.1) is 0 Å². The van der Waals surface area contributed by atoms with E-state index in [9.17, 15) is 5.11 Å². The molecule has 0 saturated heterocycles. The summed E-state index contributed by atoms with van der Waals surface area (Å²) in [5.74, 6) is 0. The van der Waals surface area contributed by atoms with Gasteiger partial charge in [-0.2, -0.15) is 0 Å². The first kappa shape index (κ1) is 13.8. The van der Waals surface area contributed by atoms with Gasteiger partial charge >= 0.3 is 23.1 Å². The maximum absolute atomic E-state index is 10.1. The molecule has 0 radical (unpaired) electrons. The average Bonchev–Trinajstić information content (AvgIpc) is 1.91. The Morgan fingerprint density at radius 3 is 2.09 bits per heavy atom. The predicted molar refractivity (Wildman–Crippen MR) is 40.8 cm³/mol. The summed E-state index contributed by atoms with van der Waals surface area (Å²) < 4.78 is 0. The minimum atomic E-state index is -0.00991. The second kappa shape index (κ2) is 8.33. The summed E-state index contributed by atoms with van der Waals surface area (Å²) in [6, 6.07) is 9.79. The number of benzene rings is 1. The van der Waals surface area contributed by atoms with E-state index in [0.29, 0.717) is 6.42 Å². The minimum Gasteiger partial charge on any atom is -1.00 e. The van der Waals surface area contributed by atoms with Gasteiger partial charge in [-0.15, -0.1) is 6.61 Å². The fourth-order valence-corrected chi connectivity index (χ4v) is 0.763. The summed E-state index contributed by atoms with van der Waals surface area (Å²) in [4.78, 5) is 0. The first-order valence-electron chi connectivity index (χ1n) is 3.05. The Morgan fingerprint density at radius 1 is 1.09 bits per heavy atom. The molecule has 0 aromatic heterocycles. The van der Waals surface area contributed by atoms with Crippen molar-refractivity contribution in [3.63, 3.8) is 0 Å². The van der Waals surface area contributed by atoms with E-state index in [1.54, 1.807) is 0 Å². The third kappa shape index (κ3) is 5.50. The van der Waals surface area contributed by atoms with E-state index in [1.807, 2.05) is 30.3 Å². The Morgan fingerprint density at radius 2 is 1.64 bits per heavy atom. The van der Waals surface area contributed by atoms with Crippen molar-refractivity contribution in [3.8, 4) is 0 Å². The molecule has 1 aromatic carbocycles. The zero-order valence-corrected chi connectivity index (χ0v) is 8.46. The summed E-state index contributed by atoms with van der Waals surface area (Å²) in [5.41, 5.74) is 1.13. The number of halogens is 1. The first-order valence-corrected chi connectivity index (χ1v) is 3.05. The molecular weight excluding hydrogens is 172 g/mol. The number of rotatable bonds is 2. The quantitative estimate of drug-likeness (QED) is 0.452. The topological polar surface area (TPSA) is 23.1 Å². The van der Waals surface area contributed by atoms with Crippen molar-refractivity contribution in [1.29, 1.82) is 0 Å². The van der Waals surface area contributed by atoms with E-state index >= 15 is 0 Å². The van der Waals surface area contributed by atoms with Crippen molar-refractivity contribution in [2.24, 2.45) is 0 Å². The molecule has 0 aliphatic rings. The number of hydrogen-bond acceptors (Lipinski definition) is 1. The van der Waals surface area contributed by atoms with Crippen molar-refractivity contribution in [2.45, 2.75) is 6.42 Å². The smallest absolute Gasteiger partial charge is 1.00 e. The van der Waals surface area contributed by atoms with Gasteiger partial charge in [0, 0.05) is 0 Å². The largest absolute Gasteiger partial charge is 2.00 e. The third-order valence-corrected chi connectivity index (χ3v) is 1.23. The van der Waals surface area contributed by atoms with E-state index in [2.05, 4.69) is 0 Å². The Balaban J connectivity index is 0. The molecule has 0 spiro atoms. The summed E-state index contributed by atoms with van der Waals surface area (Å²) in [7, 11) is 0. The van der Waals surface area contributed by atoms with Gasteiger partial charge in [0.2, 0.25) is 0 Å². The second-order valence-electron chi connectivity index (χ2n) is 1.94. The molecule has 11 heavy (non-hydrogen) atoms. The van der Waals surface area contributed by atoms with Crippen LogP contribution in [0.15, 0.2) is 30.3 Å². The van der Waals surface area contributed by atoms with E-state index < -0.39 is 0 Å². The molecule has 0 fully saturated rings. The maximum Gasteiger partial charge on any atom is 2.00 e. The maximum atomic E-state index is 10.1. The average molecular weight is 181 g/mol. The van der Waals surface area contributed by atoms with E-state index in [-0.39, 0.29) is 42.1 Å².